The highest BCUT2D eigenvalue weighted by atomic mass is 32.1. The van der Waals surface area contributed by atoms with E-state index >= 15 is 0 Å². The summed E-state index contributed by atoms with van der Waals surface area (Å²) in [6, 6.07) is 10.1. The first-order valence-electron chi connectivity index (χ1n) is 11.6. The first kappa shape index (κ1) is 25.2. The molecule has 1 fully saturated rings. The van der Waals surface area contributed by atoms with Crippen molar-refractivity contribution in [2.75, 3.05) is 26.8 Å². The van der Waals surface area contributed by atoms with Gasteiger partial charge in [0.2, 0.25) is 5.91 Å². The van der Waals surface area contributed by atoms with Crippen LogP contribution in [0.25, 0.3) is 0 Å². The van der Waals surface area contributed by atoms with Crippen LogP contribution in [0.4, 0.5) is 9.18 Å². The number of methoxy groups -OCH3 is 1. The number of carbonyl (C=O) groups excluding carboxylic acids is 2. The van der Waals surface area contributed by atoms with Crippen LogP contribution in [0.1, 0.15) is 49.0 Å². The predicted molar refractivity (Wildman–Crippen MR) is 128 cm³/mol. The summed E-state index contributed by atoms with van der Waals surface area (Å²) in [5.41, 5.74) is 0.846. The Kier molecular flexibility index (Phi) is 10.2. The molecule has 0 unspecified atom stereocenters. The number of thiophene rings is 1. The summed E-state index contributed by atoms with van der Waals surface area (Å²) < 4.78 is 18.5. The maximum Gasteiger partial charge on any atom is 0.318 e. The highest BCUT2D eigenvalue weighted by Gasteiger charge is 2.24. The van der Waals surface area contributed by atoms with Crippen molar-refractivity contribution in [3.63, 3.8) is 0 Å². The van der Waals surface area contributed by atoms with E-state index in [4.69, 9.17) is 4.74 Å². The summed E-state index contributed by atoms with van der Waals surface area (Å²) in [5.74, 6) is -0.442. The molecule has 1 N–H and O–H groups in total. The van der Waals surface area contributed by atoms with Gasteiger partial charge in [-0.05, 0) is 48.4 Å². The van der Waals surface area contributed by atoms with Gasteiger partial charge in [0.1, 0.15) is 12.4 Å². The van der Waals surface area contributed by atoms with Crippen LogP contribution in [0.5, 0.6) is 0 Å². The molecule has 0 atom stereocenters. The molecule has 0 aliphatic heterocycles. The van der Waals surface area contributed by atoms with E-state index in [0.29, 0.717) is 32.7 Å². The first-order valence-corrected chi connectivity index (χ1v) is 12.5. The molecule has 0 spiro atoms. The summed E-state index contributed by atoms with van der Waals surface area (Å²) in [4.78, 5) is 30.8. The fourth-order valence-electron chi connectivity index (χ4n) is 4.06. The number of rotatable bonds is 11. The van der Waals surface area contributed by atoms with Crippen molar-refractivity contribution < 1.29 is 18.7 Å². The number of urea groups is 1. The molecule has 6 nitrogen and oxygen atoms in total. The van der Waals surface area contributed by atoms with E-state index in [1.54, 1.807) is 40.4 Å². The van der Waals surface area contributed by atoms with Crippen LogP contribution >= 0.6 is 11.3 Å². The zero-order valence-electron chi connectivity index (χ0n) is 19.3. The fraction of sp³-hybridized carbons (Fsp3) is 0.520. The summed E-state index contributed by atoms with van der Waals surface area (Å²) in [6.45, 7) is 1.77. The number of ether oxygens (including phenoxy) is 1. The highest BCUT2D eigenvalue weighted by Crippen LogP contribution is 2.18. The summed E-state index contributed by atoms with van der Waals surface area (Å²) in [7, 11) is 1.63. The Balaban J connectivity index is 1.69. The molecular weight excluding hydrogens is 441 g/mol. The third-order valence-corrected chi connectivity index (χ3v) is 6.75. The molecule has 1 heterocycles. The fourth-order valence-corrected chi connectivity index (χ4v) is 4.78. The lowest BCUT2D eigenvalue weighted by Gasteiger charge is -2.30. The minimum absolute atomic E-state index is 0.00512. The SMILES string of the molecule is COCCCN(CC(=O)N(Cc1ccc(F)cc1)Cc1cccs1)C(=O)NC1CCCCC1. The average Bonchev–Trinajstić information content (AvgIpc) is 3.33. The third-order valence-electron chi connectivity index (χ3n) is 5.89. The van der Waals surface area contributed by atoms with Gasteiger partial charge >= 0.3 is 6.03 Å². The molecule has 0 saturated heterocycles. The molecule has 3 amide bonds. The van der Waals surface area contributed by atoms with Crippen molar-refractivity contribution in [2.24, 2.45) is 0 Å². The lowest BCUT2D eigenvalue weighted by Crippen LogP contribution is -2.49. The van der Waals surface area contributed by atoms with Gasteiger partial charge in [-0.2, -0.15) is 0 Å². The number of hydrogen-bond acceptors (Lipinski definition) is 4. The zero-order chi connectivity index (χ0) is 23.5. The molecule has 33 heavy (non-hydrogen) atoms. The van der Waals surface area contributed by atoms with Crippen molar-refractivity contribution in [3.05, 3.63) is 58.0 Å². The third kappa shape index (κ3) is 8.44. The van der Waals surface area contributed by atoms with E-state index in [1.165, 1.54) is 18.6 Å². The molecule has 1 aromatic carbocycles. The van der Waals surface area contributed by atoms with Crippen LogP contribution in [-0.2, 0) is 22.6 Å². The van der Waals surface area contributed by atoms with E-state index in [2.05, 4.69) is 5.32 Å². The normalized spacial score (nSPS) is 14.1. The number of amides is 3. The first-order chi connectivity index (χ1) is 16.0. The van der Waals surface area contributed by atoms with Gasteiger partial charge in [-0.25, -0.2) is 9.18 Å². The molecule has 8 heteroatoms. The topological polar surface area (TPSA) is 61.9 Å². The quantitative estimate of drug-likeness (QED) is 0.475. The second-order valence-corrected chi connectivity index (χ2v) is 9.54. The Bertz CT molecular complexity index is 854. The highest BCUT2D eigenvalue weighted by molar-refractivity contribution is 7.09. The van der Waals surface area contributed by atoms with E-state index in [0.717, 1.165) is 36.1 Å². The monoisotopic (exact) mass is 475 g/mol. The van der Waals surface area contributed by atoms with Gasteiger partial charge in [0.25, 0.3) is 0 Å². The number of halogens is 1. The Morgan fingerprint density at radius 2 is 1.85 bits per heavy atom. The van der Waals surface area contributed by atoms with Gasteiger partial charge in [0, 0.05) is 37.7 Å². The molecular formula is C25H34FN3O3S. The standard InChI is InChI=1S/C25H34FN3O3S/c1-32-15-6-14-28(25(31)27-22-7-3-2-4-8-22)19-24(30)29(18-23-9-5-16-33-23)17-20-10-12-21(26)13-11-20/h5,9-13,16,22H,2-4,6-8,14-15,17-19H2,1H3,(H,27,31). The lowest BCUT2D eigenvalue weighted by molar-refractivity contribution is -0.133. The Labute approximate surface area is 199 Å². The Morgan fingerprint density at radius 3 is 2.52 bits per heavy atom. The Morgan fingerprint density at radius 1 is 1.09 bits per heavy atom. The van der Waals surface area contributed by atoms with Crippen molar-refractivity contribution >= 4 is 23.3 Å². The number of carbonyl (C=O) groups is 2. The molecule has 0 bridgehead atoms. The molecule has 2 aromatic rings. The predicted octanol–water partition coefficient (Wildman–Crippen LogP) is 4.80. The number of hydrogen-bond donors (Lipinski definition) is 1. The van der Waals surface area contributed by atoms with E-state index in [-0.39, 0.29) is 30.3 Å². The average molecular weight is 476 g/mol. The molecule has 1 saturated carbocycles. The second kappa shape index (κ2) is 13.3. The van der Waals surface area contributed by atoms with Crippen LogP contribution in [0, 0.1) is 5.82 Å². The van der Waals surface area contributed by atoms with Crippen molar-refractivity contribution in [1.82, 2.24) is 15.1 Å². The maximum atomic E-state index is 13.4. The van der Waals surface area contributed by atoms with E-state index in [1.807, 2.05) is 17.5 Å². The second-order valence-electron chi connectivity index (χ2n) is 8.51. The minimum atomic E-state index is -0.307. The van der Waals surface area contributed by atoms with Crippen molar-refractivity contribution in [2.45, 2.75) is 57.7 Å². The van der Waals surface area contributed by atoms with Gasteiger partial charge in [0.15, 0.2) is 0 Å². The molecule has 0 radical (unpaired) electrons. The molecule has 1 aliphatic carbocycles. The molecule has 1 aliphatic rings. The van der Waals surface area contributed by atoms with Crippen molar-refractivity contribution in [1.29, 1.82) is 0 Å². The van der Waals surface area contributed by atoms with Gasteiger partial charge < -0.3 is 19.9 Å². The summed E-state index contributed by atoms with van der Waals surface area (Å²) in [6.07, 6.45) is 6.09. The van der Waals surface area contributed by atoms with Gasteiger partial charge in [0.05, 0.1) is 6.54 Å². The van der Waals surface area contributed by atoms with Crippen molar-refractivity contribution in [3.8, 4) is 0 Å². The van der Waals surface area contributed by atoms with Crippen LogP contribution in [0.15, 0.2) is 41.8 Å². The summed E-state index contributed by atoms with van der Waals surface area (Å²) >= 11 is 1.58. The molecule has 180 valence electrons. The molecule has 3 rings (SSSR count). The van der Waals surface area contributed by atoms with E-state index in [9.17, 15) is 14.0 Å². The van der Waals surface area contributed by atoms with Gasteiger partial charge in [-0.15, -0.1) is 11.3 Å². The Hall–Kier alpha value is -2.45. The number of nitrogens with zero attached hydrogens (tertiary/aromatic N) is 2. The minimum Gasteiger partial charge on any atom is -0.385 e. The lowest BCUT2D eigenvalue weighted by atomic mass is 9.96. The van der Waals surface area contributed by atoms with Crippen LogP contribution in [0.3, 0.4) is 0 Å². The van der Waals surface area contributed by atoms with Crippen LogP contribution in [0.2, 0.25) is 0 Å². The van der Waals surface area contributed by atoms with Gasteiger partial charge in [-0.1, -0.05) is 37.5 Å². The number of benzene rings is 1. The van der Waals surface area contributed by atoms with E-state index < -0.39 is 0 Å². The van der Waals surface area contributed by atoms with Crippen LogP contribution in [-0.4, -0.2) is 54.6 Å². The zero-order valence-corrected chi connectivity index (χ0v) is 20.1. The molecule has 1 aromatic heterocycles. The maximum absolute atomic E-state index is 13.4. The largest absolute Gasteiger partial charge is 0.385 e. The van der Waals surface area contributed by atoms with Crippen LogP contribution < -0.4 is 5.32 Å². The number of nitrogens with one attached hydrogen (secondary N) is 1. The summed E-state index contributed by atoms with van der Waals surface area (Å²) in [5, 5.41) is 5.10. The van der Waals surface area contributed by atoms with Gasteiger partial charge in [-0.3, -0.25) is 4.79 Å². The smallest absolute Gasteiger partial charge is 0.318 e.